The molecule has 2 rings (SSSR count). The Labute approximate surface area is 173 Å². The van der Waals surface area contributed by atoms with Crippen molar-refractivity contribution in [3.05, 3.63) is 35.4 Å². The number of furan rings is 1. The van der Waals surface area contributed by atoms with Crippen molar-refractivity contribution in [1.29, 1.82) is 0 Å². The van der Waals surface area contributed by atoms with Crippen LogP contribution in [-0.4, -0.2) is 50.4 Å². The highest BCUT2D eigenvalue weighted by molar-refractivity contribution is 6.10. The number of esters is 3. The molecule has 1 amide bonds. The second-order valence-corrected chi connectivity index (χ2v) is 6.63. The molecule has 10 nitrogen and oxygen atoms in total. The van der Waals surface area contributed by atoms with Crippen LogP contribution >= 0.6 is 0 Å². The van der Waals surface area contributed by atoms with Crippen LogP contribution in [0, 0.1) is 11.8 Å². The quantitative estimate of drug-likeness (QED) is 0.516. The second-order valence-electron chi connectivity index (χ2n) is 6.63. The fraction of sp³-hybridized carbons (Fsp3) is 0.450. The zero-order valence-electron chi connectivity index (χ0n) is 17.4. The normalized spacial score (nSPS) is 19.4. The van der Waals surface area contributed by atoms with E-state index in [2.05, 4.69) is 10.3 Å². The molecular formula is C20H24N2O8. The van der Waals surface area contributed by atoms with E-state index < -0.39 is 48.3 Å². The van der Waals surface area contributed by atoms with Gasteiger partial charge in [-0.05, 0) is 32.9 Å². The van der Waals surface area contributed by atoms with Gasteiger partial charge in [0.05, 0.1) is 32.1 Å². The predicted molar refractivity (Wildman–Crippen MR) is 103 cm³/mol. The summed E-state index contributed by atoms with van der Waals surface area (Å²) < 4.78 is 19.8. The Hall–Kier alpha value is -3.43. The largest absolute Gasteiger partial charge is 0.468 e. The molecule has 1 aliphatic heterocycles. The van der Waals surface area contributed by atoms with E-state index in [0.717, 1.165) is 14.2 Å². The third-order valence-electron chi connectivity index (χ3n) is 4.64. The van der Waals surface area contributed by atoms with E-state index in [1.165, 1.54) is 20.1 Å². The van der Waals surface area contributed by atoms with Gasteiger partial charge in [0.15, 0.2) is 6.61 Å². The average Bonchev–Trinajstić information content (AvgIpc) is 3.25. The number of ether oxygens (including phenoxy) is 3. The molecule has 0 bridgehead atoms. The molecule has 0 saturated carbocycles. The van der Waals surface area contributed by atoms with Crippen molar-refractivity contribution in [1.82, 2.24) is 5.32 Å². The fourth-order valence-electron chi connectivity index (χ4n) is 3.22. The van der Waals surface area contributed by atoms with Crippen LogP contribution in [0.2, 0.25) is 0 Å². The molecule has 162 valence electrons. The van der Waals surface area contributed by atoms with Gasteiger partial charge >= 0.3 is 17.9 Å². The van der Waals surface area contributed by atoms with Crippen LogP contribution in [0.15, 0.2) is 39.1 Å². The Kier molecular flexibility index (Phi) is 7.51. The number of carbonyl (C=O) groups is 4. The Bertz CT molecular complexity index is 885. The lowest BCUT2D eigenvalue weighted by atomic mass is 9.80. The summed E-state index contributed by atoms with van der Waals surface area (Å²) in [6.07, 6.45) is 1.47. The van der Waals surface area contributed by atoms with Gasteiger partial charge in [-0.1, -0.05) is 0 Å². The number of rotatable bonds is 7. The summed E-state index contributed by atoms with van der Waals surface area (Å²) in [6.45, 7) is 4.14. The van der Waals surface area contributed by atoms with Gasteiger partial charge in [0.25, 0.3) is 5.91 Å². The van der Waals surface area contributed by atoms with Crippen LogP contribution in [0.1, 0.15) is 32.6 Å². The van der Waals surface area contributed by atoms with Crippen molar-refractivity contribution in [2.45, 2.75) is 26.8 Å². The Morgan fingerprint density at radius 2 is 1.83 bits per heavy atom. The summed E-state index contributed by atoms with van der Waals surface area (Å²) in [4.78, 5) is 53.7. The van der Waals surface area contributed by atoms with Crippen molar-refractivity contribution >= 4 is 29.5 Å². The Balaban J connectivity index is 2.18. The smallest absolute Gasteiger partial charge is 0.336 e. The molecule has 1 aromatic heterocycles. The number of nitrogens with zero attached hydrogens (tertiary/aromatic N) is 1. The van der Waals surface area contributed by atoms with E-state index in [4.69, 9.17) is 18.6 Å². The van der Waals surface area contributed by atoms with Gasteiger partial charge in [0.2, 0.25) is 0 Å². The summed E-state index contributed by atoms with van der Waals surface area (Å²) in [5, 5.41) is 2.62. The maximum atomic E-state index is 12.8. The van der Waals surface area contributed by atoms with Gasteiger partial charge < -0.3 is 23.9 Å². The molecule has 10 heteroatoms. The summed E-state index contributed by atoms with van der Waals surface area (Å²) in [5.74, 6) is -5.10. The zero-order valence-corrected chi connectivity index (χ0v) is 17.4. The first-order valence-electron chi connectivity index (χ1n) is 9.12. The standard InChI is InChI=1S/C20H24N2O8/c1-10(13-7-6-8-29-13)22-14(23)9-30-20(26)17-15(18(24)27-4)11(2)21-12(3)16(17)19(25)28-5/h6-8,10,15,17H,9H2,1-5H3,(H,22,23)/t10-,15?,17+/m1/s1. The van der Waals surface area contributed by atoms with Crippen LogP contribution in [0.25, 0.3) is 0 Å². The second kappa shape index (κ2) is 9.86. The van der Waals surface area contributed by atoms with Crippen LogP contribution < -0.4 is 5.32 Å². The molecule has 1 aromatic rings. The van der Waals surface area contributed by atoms with Gasteiger partial charge in [-0.2, -0.15) is 0 Å². The Morgan fingerprint density at radius 1 is 1.13 bits per heavy atom. The van der Waals surface area contributed by atoms with Crippen molar-refractivity contribution in [3.63, 3.8) is 0 Å². The van der Waals surface area contributed by atoms with Crippen molar-refractivity contribution < 1.29 is 37.8 Å². The van der Waals surface area contributed by atoms with Gasteiger partial charge in [-0.3, -0.25) is 19.4 Å². The van der Waals surface area contributed by atoms with E-state index in [9.17, 15) is 19.2 Å². The molecule has 1 unspecified atom stereocenters. The highest BCUT2D eigenvalue weighted by atomic mass is 16.5. The number of amides is 1. The average molecular weight is 420 g/mol. The van der Waals surface area contributed by atoms with Gasteiger partial charge in [0.1, 0.15) is 17.6 Å². The molecule has 1 N–H and O–H groups in total. The molecule has 0 saturated heterocycles. The first-order chi connectivity index (χ1) is 14.2. The lowest BCUT2D eigenvalue weighted by molar-refractivity contribution is -0.158. The summed E-state index contributed by atoms with van der Waals surface area (Å²) >= 11 is 0. The first kappa shape index (κ1) is 22.9. The van der Waals surface area contributed by atoms with E-state index in [1.54, 1.807) is 19.1 Å². The number of hydrogen-bond donors (Lipinski definition) is 1. The lowest BCUT2D eigenvalue weighted by Gasteiger charge is -2.29. The number of carbonyl (C=O) groups excluding carboxylic acids is 4. The highest BCUT2D eigenvalue weighted by Crippen LogP contribution is 2.33. The first-order valence-corrected chi connectivity index (χ1v) is 9.12. The van der Waals surface area contributed by atoms with Crippen molar-refractivity contribution in [3.8, 4) is 0 Å². The number of nitrogens with one attached hydrogen (secondary N) is 1. The topological polar surface area (TPSA) is 134 Å². The number of methoxy groups -OCH3 is 2. The molecule has 0 aliphatic carbocycles. The third-order valence-corrected chi connectivity index (χ3v) is 4.64. The fourth-order valence-corrected chi connectivity index (χ4v) is 3.22. The number of aliphatic imine (C=N–C) groups is 1. The van der Waals surface area contributed by atoms with Gasteiger partial charge in [0, 0.05) is 11.4 Å². The van der Waals surface area contributed by atoms with Gasteiger partial charge in [-0.25, -0.2) is 4.79 Å². The summed E-state index contributed by atoms with van der Waals surface area (Å²) in [5.41, 5.74) is 0.384. The minimum atomic E-state index is -1.35. The number of hydrogen-bond acceptors (Lipinski definition) is 9. The molecule has 0 aromatic carbocycles. The molecule has 30 heavy (non-hydrogen) atoms. The van der Waals surface area contributed by atoms with E-state index in [0.29, 0.717) is 5.76 Å². The van der Waals surface area contributed by atoms with Crippen LogP contribution in [0.3, 0.4) is 0 Å². The molecular weight excluding hydrogens is 396 g/mol. The minimum Gasteiger partial charge on any atom is -0.468 e. The Morgan fingerprint density at radius 3 is 2.40 bits per heavy atom. The third kappa shape index (κ3) is 4.94. The lowest BCUT2D eigenvalue weighted by Crippen LogP contribution is -2.43. The predicted octanol–water partition coefficient (Wildman–Crippen LogP) is 1.33. The molecule has 3 atom stereocenters. The van der Waals surface area contributed by atoms with Crippen molar-refractivity contribution in [2.24, 2.45) is 16.8 Å². The summed E-state index contributed by atoms with van der Waals surface area (Å²) in [7, 11) is 2.30. The maximum Gasteiger partial charge on any atom is 0.336 e. The number of allylic oxidation sites excluding steroid dienone is 1. The van der Waals surface area contributed by atoms with Crippen LogP contribution in [0.4, 0.5) is 0 Å². The molecule has 0 spiro atoms. The van der Waals surface area contributed by atoms with E-state index in [1.807, 2.05) is 0 Å². The van der Waals surface area contributed by atoms with Crippen molar-refractivity contribution in [2.75, 3.05) is 20.8 Å². The van der Waals surface area contributed by atoms with E-state index >= 15 is 0 Å². The van der Waals surface area contributed by atoms with E-state index in [-0.39, 0.29) is 17.0 Å². The molecule has 0 fully saturated rings. The SMILES string of the molecule is COC(=O)C1=C(C)N=C(C)C(C(=O)OC)[C@@H]1C(=O)OCC(=O)N[C@H](C)c1ccco1. The maximum absolute atomic E-state index is 12.8. The highest BCUT2D eigenvalue weighted by Gasteiger charge is 2.46. The molecule has 2 heterocycles. The van der Waals surface area contributed by atoms with Crippen LogP contribution in [0.5, 0.6) is 0 Å². The monoisotopic (exact) mass is 420 g/mol. The molecule has 1 aliphatic rings. The minimum absolute atomic E-state index is 0.118. The zero-order chi connectivity index (χ0) is 22.4. The summed E-state index contributed by atoms with van der Waals surface area (Å²) in [6, 6.07) is 2.94. The van der Waals surface area contributed by atoms with Crippen LogP contribution in [-0.2, 0) is 33.4 Å². The van der Waals surface area contributed by atoms with Gasteiger partial charge in [-0.15, -0.1) is 0 Å². The molecule has 0 radical (unpaired) electrons.